The number of hydrogen-bond donors (Lipinski definition) is 1. The van der Waals surface area contributed by atoms with Crippen molar-refractivity contribution in [2.75, 3.05) is 12.4 Å². The van der Waals surface area contributed by atoms with E-state index in [1.54, 1.807) is 25.3 Å². The van der Waals surface area contributed by atoms with Crippen LogP contribution in [0.4, 0.5) is 5.69 Å². The van der Waals surface area contributed by atoms with Crippen molar-refractivity contribution in [3.8, 4) is 28.1 Å². The van der Waals surface area contributed by atoms with Crippen molar-refractivity contribution in [3.63, 3.8) is 0 Å². The fourth-order valence-electron chi connectivity index (χ4n) is 5.29. The second-order valence-corrected chi connectivity index (χ2v) is 11.1. The van der Waals surface area contributed by atoms with Crippen molar-refractivity contribution in [1.29, 1.82) is 0 Å². The number of methoxy groups -OCH3 is 1. The molecule has 38 heavy (non-hydrogen) atoms. The Hall–Kier alpha value is -3.19. The molecule has 6 rings (SSSR count). The number of nitrogens with zero attached hydrogens (tertiary/aromatic N) is 2. The number of hydrogen-bond acceptors (Lipinski definition) is 2. The van der Waals surface area contributed by atoms with Gasteiger partial charge >= 0.3 is 0 Å². The third-order valence-corrected chi connectivity index (χ3v) is 8.31. The number of imidazole rings is 1. The first-order valence-electron chi connectivity index (χ1n) is 12.4. The average molecular weight is 609 g/mol. The number of nitrogens with one attached hydrogen (secondary N) is 1. The Morgan fingerprint density at radius 2 is 1.68 bits per heavy atom. The van der Waals surface area contributed by atoms with Crippen LogP contribution in [-0.4, -0.2) is 22.0 Å². The minimum atomic E-state index is -0.207. The van der Waals surface area contributed by atoms with Gasteiger partial charge in [0, 0.05) is 34.0 Å². The topological polar surface area (TPSA) is 47.7 Å². The molecule has 0 saturated heterocycles. The van der Waals surface area contributed by atoms with Crippen LogP contribution in [-0.2, 0) is 13.0 Å². The Labute approximate surface area is 239 Å². The molecular weight excluding hydrogens is 585 g/mol. The summed E-state index contributed by atoms with van der Waals surface area (Å²) in [6.07, 6.45) is 5.08. The van der Waals surface area contributed by atoms with Crippen LogP contribution < -0.4 is 10.1 Å². The average Bonchev–Trinajstić information content (AvgIpc) is 3.34. The fourth-order valence-corrected chi connectivity index (χ4v) is 5.86. The summed E-state index contributed by atoms with van der Waals surface area (Å²) in [4.78, 5) is 14.0. The Kier molecular flexibility index (Phi) is 6.72. The van der Waals surface area contributed by atoms with Gasteiger partial charge in [-0.15, -0.1) is 0 Å². The van der Waals surface area contributed by atoms with Crippen LogP contribution in [0.15, 0.2) is 77.4 Å². The van der Waals surface area contributed by atoms with E-state index in [9.17, 15) is 4.79 Å². The highest BCUT2D eigenvalue weighted by atomic mass is 79.9. The van der Waals surface area contributed by atoms with Gasteiger partial charge in [0.05, 0.1) is 22.8 Å². The molecule has 3 heterocycles. The lowest BCUT2D eigenvalue weighted by Crippen LogP contribution is -2.15. The van der Waals surface area contributed by atoms with E-state index in [1.165, 1.54) is 5.56 Å². The molecular formula is C30H24BrCl2N3O2. The summed E-state index contributed by atoms with van der Waals surface area (Å²) in [6, 6.07) is 21.3. The molecule has 3 aromatic carbocycles. The zero-order valence-electron chi connectivity index (χ0n) is 20.6. The number of carbonyl (C=O) groups excluding carboxylic acids is 1. The zero-order chi connectivity index (χ0) is 26.4. The van der Waals surface area contributed by atoms with Gasteiger partial charge in [0.25, 0.3) is 5.91 Å². The first-order chi connectivity index (χ1) is 18.4. The lowest BCUT2D eigenvalue weighted by Gasteiger charge is -2.11. The molecule has 0 unspecified atom stereocenters. The number of anilines is 1. The Bertz CT molecular complexity index is 1670. The second kappa shape index (κ2) is 10.2. The maximum Gasteiger partial charge on any atom is 0.273 e. The van der Waals surface area contributed by atoms with Gasteiger partial charge in [-0.1, -0.05) is 51.3 Å². The summed E-state index contributed by atoms with van der Waals surface area (Å²) in [5, 5.41) is 3.89. The molecule has 1 aliphatic rings. The van der Waals surface area contributed by atoms with Crippen LogP contribution in [0, 0.1) is 0 Å². The van der Waals surface area contributed by atoms with Gasteiger partial charge in [-0.25, -0.2) is 0 Å². The molecule has 0 atom stereocenters. The van der Waals surface area contributed by atoms with Crippen LogP contribution in [0.5, 0.6) is 5.75 Å². The van der Waals surface area contributed by atoms with Crippen molar-refractivity contribution in [1.82, 2.24) is 8.97 Å². The van der Waals surface area contributed by atoms with Gasteiger partial charge < -0.3 is 14.6 Å². The van der Waals surface area contributed by atoms with E-state index in [-0.39, 0.29) is 5.91 Å². The summed E-state index contributed by atoms with van der Waals surface area (Å²) in [5.41, 5.74) is 7.53. The molecule has 1 N–H and O–H groups in total. The molecule has 5 aromatic rings. The van der Waals surface area contributed by atoms with Crippen LogP contribution in [0.3, 0.4) is 0 Å². The van der Waals surface area contributed by atoms with E-state index in [2.05, 4.69) is 60.7 Å². The Balaban J connectivity index is 1.58. The van der Waals surface area contributed by atoms with E-state index in [0.717, 1.165) is 64.1 Å². The SMILES string of the molecule is COc1ccc(-c2cn3c(C(=O)Nc4ccc(Cl)c(Cl)c4)c(-c4ccc(Br)cc4)c4c3n2CCCC4)cc1. The first-order valence-corrected chi connectivity index (χ1v) is 13.9. The van der Waals surface area contributed by atoms with Crippen LogP contribution in [0.1, 0.15) is 28.9 Å². The third-order valence-electron chi connectivity index (χ3n) is 7.05. The highest BCUT2D eigenvalue weighted by molar-refractivity contribution is 9.10. The smallest absolute Gasteiger partial charge is 0.273 e. The molecule has 1 amide bonds. The van der Waals surface area contributed by atoms with Crippen molar-refractivity contribution < 1.29 is 9.53 Å². The fraction of sp³-hybridized carbons (Fsp3) is 0.167. The number of aryl methyl sites for hydroxylation is 2. The van der Waals surface area contributed by atoms with Crippen molar-refractivity contribution in [3.05, 3.63) is 98.7 Å². The summed E-state index contributed by atoms with van der Waals surface area (Å²) < 4.78 is 10.8. The highest BCUT2D eigenvalue weighted by Gasteiger charge is 2.29. The summed E-state index contributed by atoms with van der Waals surface area (Å²) in [7, 11) is 1.67. The molecule has 1 aliphatic heterocycles. The van der Waals surface area contributed by atoms with Crippen LogP contribution in [0.25, 0.3) is 28.0 Å². The lowest BCUT2D eigenvalue weighted by atomic mass is 9.98. The molecule has 0 spiro atoms. The maximum absolute atomic E-state index is 14.0. The Morgan fingerprint density at radius 3 is 2.39 bits per heavy atom. The first kappa shape index (κ1) is 25.1. The molecule has 2 aromatic heterocycles. The molecule has 192 valence electrons. The van der Waals surface area contributed by atoms with E-state index < -0.39 is 0 Å². The molecule has 0 bridgehead atoms. The molecule has 5 nitrogen and oxygen atoms in total. The van der Waals surface area contributed by atoms with Crippen molar-refractivity contribution in [2.45, 2.75) is 25.8 Å². The maximum atomic E-state index is 14.0. The van der Waals surface area contributed by atoms with E-state index in [4.69, 9.17) is 27.9 Å². The zero-order valence-corrected chi connectivity index (χ0v) is 23.7. The molecule has 0 radical (unpaired) electrons. The summed E-state index contributed by atoms with van der Waals surface area (Å²) in [6.45, 7) is 0.877. The number of rotatable bonds is 5. The number of aromatic nitrogens is 2. The van der Waals surface area contributed by atoms with Gasteiger partial charge in [-0.05, 0) is 85.0 Å². The number of halogens is 3. The van der Waals surface area contributed by atoms with Gasteiger partial charge in [0.15, 0.2) is 0 Å². The van der Waals surface area contributed by atoms with Crippen molar-refractivity contribution >= 4 is 56.4 Å². The largest absolute Gasteiger partial charge is 0.497 e. The Morgan fingerprint density at radius 1 is 0.947 bits per heavy atom. The van der Waals surface area contributed by atoms with Gasteiger partial charge in [-0.2, -0.15) is 0 Å². The quantitative estimate of drug-likeness (QED) is 0.217. The molecule has 0 saturated carbocycles. The van der Waals surface area contributed by atoms with E-state index in [1.807, 2.05) is 24.3 Å². The summed E-state index contributed by atoms with van der Waals surface area (Å²) in [5.74, 6) is 0.601. The van der Waals surface area contributed by atoms with Gasteiger partial charge in [0.2, 0.25) is 0 Å². The van der Waals surface area contributed by atoms with Gasteiger partial charge in [0.1, 0.15) is 17.1 Å². The molecule has 0 fully saturated rings. The third kappa shape index (κ3) is 4.41. The minimum absolute atomic E-state index is 0.207. The second-order valence-electron chi connectivity index (χ2n) is 9.34. The number of amides is 1. The lowest BCUT2D eigenvalue weighted by molar-refractivity contribution is 0.102. The standard InChI is InChI=1S/C30H24BrCl2N3O2/c1-38-22-12-7-18(8-13-22)26-17-36-28(29(37)34-21-11-14-24(32)25(33)16-21)27(19-5-9-20(31)10-6-19)23-4-2-3-15-35(26)30(23)36/h5-14,16-17H,2-4,15H2,1H3,(H,34,37). The van der Waals surface area contributed by atoms with E-state index in [0.29, 0.717) is 21.4 Å². The van der Waals surface area contributed by atoms with Crippen LogP contribution in [0.2, 0.25) is 10.0 Å². The van der Waals surface area contributed by atoms with E-state index >= 15 is 0 Å². The minimum Gasteiger partial charge on any atom is -0.497 e. The van der Waals surface area contributed by atoms with Gasteiger partial charge in [-0.3, -0.25) is 9.20 Å². The molecule has 0 aliphatic carbocycles. The normalized spacial score (nSPS) is 12.9. The predicted octanol–water partition coefficient (Wildman–Crippen LogP) is 8.74. The number of benzene rings is 3. The van der Waals surface area contributed by atoms with Crippen molar-refractivity contribution in [2.24, 2.45) is 0 Å². The predicted molar refractivity (Wildman–Crippen MR) is 158 cm³/mol. The highest BCUT2D eigenvalue weighted by Crippen LogP contribution is 2.40. The summed E-state index contributed by atoms with van der Waals surface area (Å²) >= 11 is 15.9. The molecule has 8 heteroatoms. The number of ether oxygens (including phenoxy) is 1. The van der Waals surface area contributed by atoms with Crippen LogP contribution >= 0.6 is 39.1 Å². The monoisotopic (exact) mass is 607 g/mol. The number of carbonyl (C=O) groups is 1.